The van der Waals surface area contributed by atoms with Crippen molar-refractivity contribution < 1.29 is 10.0 Å². The topological polar surface area (TPSA) is 40.5 Å². The van der Waals surface area contributed by atoms with E-state index >= 15 is 0 Å². The Hall–Kier alpha value is -0.795. The first-order chi connectivity index (χ1) is 7.90. The molecule has 0 saturated carbocycles. The van der Waals surface area contributed by atoms with Gasteiger partial charge in [0.05, 0.1) is 0 Å². The summed E-state index contributed by atoms with van der Waals surface area (Å²) in [6.07, 6.45) is 10.8. The molecule has 1 rings (SSSR count). The molecule has 2 N–H and O–H groups in total. The van der Waals surface area contributed by atoms with Crippen molar-refractivity contribution in [2.45, 2.75) is 34.1 Å². The fourth-order valence-electron chi connectivity index (χ4n) is 2.91. The van der Waals surface area contributed by atoms with Crippen LogP contribution in [-0.4, -0.2) is 17.2 Å². The predicted octanol–water partition coefficient (Wildman–Crippen LogP) is 2.74. The first-order valence-electron chi connectivity index (χ1n) is 6.35. The smallest absolute Gasteiger partial charge is 0.423 e. The van der Waals surface area contributed by atoms with Gasteiger partial charge in [-0.2, -0.15) is 0 Å². The third-order valence-corrected chi connectivity index (χ3v) is 3.67. The van der Waals surface area contributed by atoms with E-state index in [1.807, 2.05) is 18.2 Å². The van der Waals surface area contributed by atoms with E-state index in [1.165, 1.54) is 0 Å². The highest BCUT2D eigenvalue weighted by Crippen LogP contribution is 2.40. The zero-order chi connectivity index (χ0) is 13.1. The number of rotatable bonds is 4. The van der Waals surface area contributed by atoms with Gasteiger partial charge < -0.3 is 10.0 Å². The lowest BCUT2D eigenvalue weighted by atomic mass is 9.66. The molecule has 2 nitrogen and oxygen atoms in total. The van der Waals surface area contributed by atoms with Gasteiger partial charge in [-0.15, -0.1) is 0 Å². The second-order valence-electron chi connectivity index (χ2n) is 5.36. The minimum Gasteiger partial charge on any atom is -0.423 e. The number of hydrogen-bond acceptors (Lipinski definition) is 2. The minimum atomic E-state index is -1.39. The van der Waals surface area contributed by atoms with Gasteiger partial charge in [0.15, 0.2) is 0 Å². The molecule has 2 unspecified atom stereocenters. The van der Waals surface area contributed by atoms with Crippen molar-refractivity contribution in [1.82, 2.24) is 0 Å². The van der Waals surface area contributed by atoms with Gasteiger partial charge in [-0.05, 0) is 17.3 Å². The van der Waals surface area contributed by atoms with Crippen LogP contribution in [0.2, 0.25) is 0 Å². The third-order valence-electron chi connectivity index (χ3n) is 3.67. The van der Waals surface area contributed by atoms with Gasteiger partial charge in [0.1, 0.15) is 0 Å². The Kier molecular flexibility index (Phi) is 4.78. The van der Waals surface area contributed by atoms with Crippen LogP contribution in [-0.2, 0) is 0 Å². The summed E-state index contributed by atoms with van der Waals surface area (Å²) < 4.78 is 0. The van der Waals surface area contributed by atoms with E-state index in [1.54, 1.807) is 6.08 Å². The molecular formula is C14H23BO2. The van der Waals surface area contributed by atoms with Crippen LogP contribution in [0.15, 0.2) is 35.9 Å². The largest absolute Gasteiger partial charge is 0.488 e. The summed E-state index contributed by atoms with van der Waals surface area (Å²) in [7, 11) is -1.39. The molecule has 0 aliphatic heterocycles. The van der Waals surface area contributed by atoms with Gasteiger partial charge in [-0.3, -0.25) is 0 Å². The first-order valence-corrected chi connectivity index (χ1v) is 6.35. The summed E-state index contributed by atoms with van der Waals surface area (Å²) in [6, 6.07) is 0. The number of allylic oxidation sites excluding steroid dienone is 6. The fraction of sp³-hybridized carbons (Fsp3) is 0.571. The van der Waals surface area contributed by atoms with E-state index in [0.29, 0.717) is 17.3 Å². The number of hydrogen-bond donors (Lipinski definition) is 2. The molecule has 1 aliphatic carbocycles. The van der Waals surface area contributed by atoms with Gasteiger partial charge in [0, 0.05) is 5.41 Å². The van der Waals surface area contributed by atoms with Crippen molar-refractivity contribution in [1.29, 1.82) is 0 Å². The van der Waals surface area contributed by atoms with E-state index in [4.69, 9.17) is 0 Å². The van der Waals surface area contributed by atoms with Gasteiger partial charge in [-0.25, -0.2) is 0 Å². The highest BCUT2D eigenvalue weighted by molar-refractivity contribution is 6.51. The second kappa shape index (κ2) is 5.70. The monoisotopic (exact) mass is 234 g/mol. The third kappa shape index (κ3) is 3.33. The molecule has 17 heavy (non-hydrogen) atoms. The molecule has 0 bridgehead atoms. The molecule has 0 aromatic rings. The van der Waals surface area contributed by atoms with Crippen LogP contribution < -0.4 is 0 Å². The van der Waals surface area contributed by atoms with Crippen molar-refractivity contribution in [2.75, 3.05) is 0 Å². The Morgan fingerprint density at radius 3 is 2.41 bits per heavy atom. The molecule has 0 fully saturated rings. The molecule has 0 aromatic heterocycles. The summed E-state index contributed by atoms with van der Waals surface area (Å²) in [5.74, 6) is 1.05. The normalized spacial score (nSPS) is 25.7. The zero-order valence-electron chi connectivity index (χ0n) is 11.2. The molecule has 94 valence electrons. The molecule has 0 spiro atoms. The molecule has 1 aliphatic rings. The van der Waals surface area contributed by atoms with Crippen LogP contribution in [0.4, 0.5) is 0 Å². The fourth-order valence-corrected chi connectivity index (χ4v) is 2.91. The van der Waals surface area contributed by atoms with E-state index < -0.39 is 7.12 Å². The maximum atomic E-state index is 9.34. The molecule has 0 radical (unpaired) electrons. The van der Waals surface area contributed by atoms with Gasteiger partial charge in [0.2, 0.25) is 0 Å². The maximum Gasteiger partial charge on any atom is 0.488 e. The molecular weight excluding hydrogens is 211 g/mol. The average Bonchev–Trinajstić information content (AvgIpc) is 2.41. The van der Waals surface area contributed by atoms with Gasteiger partial charge in [-0.1, -0.05) is 64.5 Å². The SMILES string of the molecule is CCC(C(C)C)C1(C)C=CC=CC(B(O)O)=C1. The first kappa shape index (κ1) is 14.3. The molecule has 2 atom stereocenters. The lowest BCUT2D eigenvalue weighted by Gasteiger charge is -2.35. The van der Waals surface area contributed by atoms with E-state index in [9.17, 15) is 10.0 Å². The van der Waals surface area contributed by atoms with Crippen LogP contribution >= 0.6 is 0 Å². The lowest BCUT2D eigenvalue weighted by Crippen LogP contribution is -2.29. The summed E-state index contributed by atoms with van der Waals surface area (Å²) in [4.78, 5) is 0. The van der Waals surface area contributed by atoms with Crippen molar-refractivity contribution >= 4 is 7.12 Å². The van der Waals surface area contributed by atoms with Crippen LogP contribution in [0.3, 0.4) is 0 Å². The van der Waals surface area contributed by atoms with Crippen LogP contribution in [0.1, 0.15) is 34.1 Å². The minimum absolute atomic E-state index is 0.120. The summed E-state index contributed by atoms with van der Waals surface area (Å²) in [5.41, 5.74) is 0.461. The standard InChI is InChI=1S/C14H23BO2/c1-5-13(11(2)3)14(4)9-7-6-8-12(10-14)15(16)17/h6-11,13,16-17H,5H2,1-4H3. The Bertz CT molecular complexity index is 342. The Balaban J connectivity index is 3.12. The molecule has 0 saturated heterocycles. The van der Waals surface area contributed by atoms with Gasteiger partial charge >= 0.3 is 7.12 Å². The summed E-state index contributed by atoms with van der Waals surface area (Å²) >= 11 is 0. The van der Waals surface area contributed by atoms with Crippen molar-refractivity contribution in [2.24, 2.45) is 17.3 Å². The van der Waals surface area contributed by atoms with E-state index in [-0.39, 0.29) is 5.41 Å². The maximum absolute atomic E-state index is 9.34. The van der Waals surface area contributed by atoms with Crippen LogP contribution in [0, 0.1) is 17.3 Å². The average molecular weight is 234 g/mol. The summed E-state index contributed by atoms with van der Waals surface area (Å²) in [6.45, 7) is 8.78. The highest BCUT2D eigenvalue weighted by atomic mass is 16.4. The molecule has 0 heterocycles. The second-order valence-corrected chi connectivity index (χ2v) is 5.36. The Morgan fingerprint density at radius 1 is 1.29 bits per heavy atom. The predicted molar refractivity (Wildman–Crippen MR) is 73.3 cm³/mol. The molecule has 0 aromatic carbocycles. The van der Waals surface area contributed by atoms with Crippen molar-refractivity contribution in [3.63, 3.8) is 0 Å². The van der Waals surface area contributed by atoms with E-state index in [2.05, 4.69) is 33.8 Å². The zero-order valence-corrected chi connectivity index (χ0v) is 11.2. The van der Waals surface area contributed by atoms with Crippen LogP contribution in [0.25, 0.3) is 0 Å². The van der Waals surface area contributed by atoms with Crippen molar-refractivity contribution in [3.8, 4) is 0 Å². The lowest BCUT2D eigenvalue weighted by molar-refractivity contribution is 0.234. The molecule has 0 amide bonds. The Morgan fingerprint density at radius 2 is 1.94 bits per heavy atom. The van der Waals surface area contributed by atoms with E-state index in [0.717, 1.165) is 6.42 Å². The Labute approximate surface area is 105 Å². The molecule has 3 heteroatoms. The quantitative estimate of drug-likeness (QED) is 0.734. The van der Waals surface area contributed by atoms with Crippen LogP contribution in [0.5, 0.6) is 0 Å². The van der Waals surface area contributed by atoms with Gasteiger partial charge in [0.25, 0.3) is 0 Å². The highest BCUT2D eigenvalue weighted by Gasteiger charge is 2.32. The van der Waals surface area contributed by atoms with Crippen molar-refractivity contribution in [3.05, 3.63) is 35.9 Å². The summed E-state index contributed by atoms with van der Waals surface area (Å²) in [5, 5.41) is 18.7.